The molecule has 0 amide bonds. The van der Waals surface area contributed by atoms with Gasteiger partial charge < -0.3 is 0 Å². The molecule has 4 aromatic carbocycles. The number of hydrogen-bond donors (Lipinski definition) is 0. The van der Waals surface area contributed by atoms with Crippen LogP contribution in [0, 0.1) is 0 Å². The Bertz CT molecular complexity index is 3000. The normalized spacial score (nSPS) is 11.6. The molecule has 0 aliphatic carbocycles. The Balaban J connectivity index is 1.11. The van der Waals surface area contributed by atoms with Gasteiger partial charge in [-0.25, -0.2) is 9.97 Å². The summed E-state index contributed by atoms with van der Waals surface area (Å²) in [5.41, 5.74) is 9.83. The number of pyridine rings is 4. The van der Waals surface area contributed by atoms with Gasteiger partial charge in [0.2, 0.25) is 0 Å². The summed E-state index contributed by atoms with van der Waals surface area (Å²) in [7, 11) is 0. The van der Waals surface area contributed by atoms with Crippen LogP contribution < -0.4 is 0 Å². The second kappa shape index (κ2) is 12.6. The maximum absolute atomic E-state index is 5.17. The molecule has 0 aliphatic rings. The minimum absolute atomic E-state index is 0.819. The minimum Gasteiger partial charge on any atom is -0.293 e. The van der Waals surface area contributed by atoms with E-state index in [0.29, 0.717) is 0 Å². The Morgan fingerprint density at radius 3 is 1.33 bits per heavy atom. The van der Waals surface area contributed by atoms with Gasteiger partial charge >= 0.3 is 0 Å². The first-order valence-corrected chi connectivity index (χ1v) is 18.8. The molecule has 0 spiro atoms. The Morgan fingerprint density at radius 2 is 0.855 bits per heavy atom. The van der Waals surface area contributed by atoms with E-state index >= 15 is 0 Å². The molecule has 0 atom stereocenters. The van der Waals surface area contributed by atoms with E-state index in [4.69, 9.17) is 20.2 Å². The maximum atomic E-state index is 5.17. The molecule has 11 rings (SSSR count). The predicted molar refractivity (Wildman–Crippen MR) is 222 cm³/mol. The molecular formula is C46H28N8S. The molecule has 0 unspecified atom stereocenters. The molecular weight excluding hydrogens is 697 g/mol. The zero-order valence-corrected chi connectivity index (χ0v) is 30.0. The number of hydrogen-bond acceptors (Lipinski definition) is 7. The molecule has 0 bridgehead atoms. The van der Waals surface area contributed by atoms with Crippen molar-refractivity contribution in [3.8, 4) is 55.3 Å². The van der Waals surface area contributed by atoms with E-state index in [1.807, 2.05) is 48.8 Å². The number of fused-ring (bicyclic) bond motifs is 6. The summed E-state index contributed by atoms with van der Waals surface area (Å²) in [6, 6.07) is 50.0. The van der Waals surface area contributed by atoms with E-state index in [9.17, 15) is 0 Å². The topological polar surface area (TPSA) is 87.2 Å². The Morgan fingerprint density at radius 1 is 0.400 bits per heavy atom. The monoisotopic (exact) mass is 724 g/mol. The van der Waals surface area contributed by atoms with Crippen molar-refractivity contribution in [1.29, 1.82) is 0 Å². The summed E-state index contributed by atoms with van der Waals surface area (Å²) in [5, 5.41) is 16.0. The van der Waals surface area contributed by atoms with Crippen LogP contribution in [0.4, 0.5) is 0 Å². The van der Waals surface area contributed by atoms with Crippen molar-refractivity contribution in [2.24, 2.45) is 0 Å². The van der Waals surface area contributed by atoms with Crippen LogP contribution in [0.2, 0.25) is 0 Å². The Labute approximate surface area is 318 Å². The molecule has 11 aromatic rings. The van der Waals surface area contributed by atoms with Gasteiger partial charge in [-0.3, -0.25) is 19.1 Å². The van der Waals surface area contributed by atoms with Crippen molar-refractivity contribution in [1.82, 2.24) is 39.3 Å². The minimum atomic E-state index is 0.819. The molecule has 0 saturated heterocycles. The molecule has 9 heteroatoms. The lowest BCUT2D eigenvalue weighted by molar-refractivity contribution is 1.07. The summed E-state index contributed by atoms with van der Waals surface area (Å²) in [5.74, 6) is 1.64. The fourth-order valence-electron chi connectivity index (χ4n) is 7.74. The molecule has 7 aromatic heterocycles. The van der Waals surface area contributed by atoms with E-state index in [1.165, 1.54) is 0 Å². The number of para-hydroxylation sites is 4. The van der Waals surface area contributed by atoms with Crippen molar-refractivity contribution in [3.63, 3.8) is 0 Å². The SMILES string of the molecule is c1cncc(-c2cccc(-n3c4ccccc4c4cccc(-c5nnc(-c6cccc7c8ccccc8n(-c8cccc(-c9cccnc9)n8)c67)s5)c43)n2)c1. The third-order valence-corrected chi connectivity index (χ3v) is 11.1. The lowest BCUT2D eigenvalue weighted by Gasteiger charge is -2.11. The van der Waals surface area contributed by atoms with Crippen molar-refractivity contribution in [2.75, 3.05) is 0 Å². The van der Waals surface area contributed by atoms with E-state index in [0.717, 1.165) is 98.9 Å². The fourth-order valence-corrected chi connectivity index (χ4v) is 8.64. The quantitative estimate of drug-likeness (QED) is 0.170. The van der Waals surface area contributed by atoms with Gasteiger partial charge in [-0.15, -0.1) is 10.2 Å². The largest absolute Gasteiger partial charge is 0.293 e. The highest BCUT2D eigenvalue weighted by Crippen LogP contribution is 2.43. The molecule has 0 aliphatic heterocycles. The summed E-state index contributed by atoms with van der Waals surface area (Å²) >= 11 is 1.59. The van der Waals surface area contributed by atoms with Crippen LogP contribution in [0.25, 0.3) is 98.9 Å². The van der Waals surface area contributed by atoms with Crippen LogP contribution in [0.5, 0.6) is 0 Å². The van der Waals surface area contributed by atoms with E-state index in [-0.39, 0.29) is 0 Å². The predicted octanol–water partition coefficient (Wildman–Crippen LogP) is 11.0. The van der Waals surface area contributed by atoms with Gasteiger partial charge in [0, 0.05) is 68.6 Å². The molecule has 0 N–H and O–H groups in total. The average Bonchev–Trinajstić information content (AvgIpc) is 3.98. The molecule has 8 nitrogen and oxygen atoms in total. The highest BCUT2D eigenvalue weighted by molar-refractivity contribution is 7.18. The van der Waals surface area contributed by atoms with Crippen LogP contribution in [-0.2, 0) is 0 Å². The lowest BCUT2D eigenvalue weighted by Crippen LogP contribution is -1.99. The van der Waals surface area contributed by atoms with Crippen molar-refractivity contribution in [3.05, 3.63) is 170 Å². The van der Waals surface area contributed by atoms with Gasteiger partial charge in [-0.1, -0.05) is 84.1 Å². The van der Waals surface area contributed by atoms with Gasteiger partial charge in [-0.05, 0) is 72.8 Å². The van der Waals surface area contributed by atoms with Gasteiger partial charge in [0.25, 0.3) is 0 Å². The Hall–Kier alpha value is -7.36. The first kappa shape index (κ1) is 31.2. The van der Waals surface area contributed by atoms with Gasteiger partial charge in [0.1, 0.15) is 21.7 Å². The third-order valence-electron chi connectivity index (χ3n) is 10.1. The molecule has 0 saturated carbocycles. The van der Waals surface area contributed by atoms with Crippen LogP contribution in [0.1, 0.15) is 0 Å². The van der Waals surface area contributed by atoms with Gasteiger partial charge in [0.05, 0.1) is 33.5 Å². The summed E-state index contributed by atoms with van der Waals surface area (Å²) in [6.07, 6.45) is 7.25. The van der Waals surface area contributed by atoms with Crippen LogP contribution >= 0.6 is 11.3 Å². The average molecular weight is 725 g/mol. The summed E-state index contributed by atoms with van der Waals surface area (Å²) in [6.45, 7) is 0. The van der Waals surface area contributed by atoms with E-state index in [2.05, 4.69) is 128 Å². The second-order valence-electron chi connectivity index (χ2n) is 13.3. The molecule has 0 radical (unpaired) electrons. The molecule has 258 valence electrons. The smallest absolute Gasteiger partial charge is 0.150 e. The number of rotatable bonds is 6. The number of aromatic nitrogens is 8. The summed E-state index contributed by atoms with van der Waals surface area (Å²) < 4.78 is 4.50. The molecule has 55 heavy (non-hydrogen) atoms. The van der Waals surface area contributed by atoms with Crippen molar-refractivity contribution < 1.29 is 0 Å². The lowest BCUT2D eigenvalue weighted by atomic mass is 10.1. The van der Waals surface area contributed by atoms with Crippen LogP contribution in [-0.4, -0.2) is 39.3 Å². The first-order valence-electron chi connectivity index (χ1n) is 17.9. The highest BCUT2D eigenvalue weighted by Gasteiger charge is 2.23. The van der Waals surface area contributed by atoms with E-state index in [1.54, 1.807) is 23.7 Å². The van der Waals surface area contributed by atoms with Crippen LogP contribution in [0.3, 0.4) is 0 Å². The highest BCUT2D eigenvalue weighted by atomic mass is 32.1. The first-order chi connectivity index (χ1) is 27.3. The molecule has 7 heterocycles. The summed E-state index contributed by atoms with van der Waals surface area (Å²) in [4.78, 5) is 19.0. The van der Waals surface area contributed by atoms with Crippen molar-refractivity contribution in [2.45, 2.75) is 0 Å². The number of nitrogens with zero attached hydrogens (tertiary/aromatic N) is 8. The zero-order valence-electron chi connectivity index (χ0n) is 29.2. The standard InChI is InChI=1S/C46H28N8S/c1-3-21-39-31(13-1)33-15-5-17-35(43(33)53(39)41-23-7-19-37(49-41)29-11-9-25-47-27-29)45-51-52-46(55-45)36-18-6-16-34-32-14-2-4-22-40(32)54(44(34)36)42-24-8-20-38(50-42)30-12-10-26-48-28-30/h1-28H. The third kappa shape index (κ3) is 5.05. The Kier molecular flexibility index (Phi) is 7.17. The van der Waals surface area contributed by atoms with E-state index < -0.39 is 0 Å². The van der Waals surface area contributed by atoms with Crippen molar-refractivity contribution >= 4 is 54.9 Å². The van der Waals surface area contributed by atoms with Gasteiger partial charge in [-0.2, -0.15) is 0 Å². The molecule has 0 fully saturated rings. The van der Waals surface area contributed by atoms with Crippen LogP contribution in [0.15, 0.2) is 170 Å². The second-order valence-corrected chi connectivity index (χ2v) is 14.2. The maximum Gasteiger partial charge on any atom is 0.150 e. The zero-order chi connectivity index (χ0) is 36.3. The van der Waals surface area contributed by atoms with Gasteiger partial charge in [0.15, 0.2) is 0 Å². The number of benzene rings is 4. The fraction of sp³-hybridized carbons (Fsp3) is 0.